The van der Waals surface area contributed by atoms with Gasteiger partial charge in [-0.05, 0) is 56.5 Å². The molecule has 184 valence electrons. The van der Waals surface area contributed by atoms with Crippen LogP contribution in [0.25, 0.3) is 0 Å². The molecule has 0 saturated heterocycles. The summed E-state index contributed by atoms with van der Waals surface area (Å²) in [6.07, 6.45) is 7.84. The molecule has 34 heavy (non-hydrogen) atoms. The molecule has 3 rings (SSSR count). The van der Waals surface area contributed by atoms with E-state index in [0.29, 0.717) is 47.7 Å². The standard InChI is InChI=1S/C24H36N8O2/c1-2-12-28-22-18(23(34)29-14-5-13-27-20-7-4-3-6-19(20)25)15-30-24(32-22)31-17-10-8-16(9-11-17)21(26)33/h8-11,15,19-20,27H,2-7,12-14,25H2,1H3,(H2,26,33)(H,29,34)(H2,28,30,31,32)/t19-,20-/m0/s1. The van der Waals surface area contributed by atoms with Crippen LogP contribution in [0.2, 0.25) is 0 Å². The van der Waals surface area contributed by atoms with E-state index in [0.717, 1.165) is 32.2 Å². The van der Waals surface area contributed by atoms with Crippen molar-refractivity contribution in [1.82, 2.24) is 20.6 Å². The second kappa shape index (κ2) is 12.9. The number of anilines is 3. The van der Waals surface area contributed by atoms with Gasteiger partial charge in [-0.2, -0.15) is 4.98 Å². The molecule has 8 N–H and O–H groups in total. The van der Waals surface area contributed by atoms with Gasteiger partial charge in [0.2, 0.25) is 11.9 Å². The van der Waals surface area contributed by atoms with Gasteiger partial charge in [0, 0.05) is 42.6 Å². The number of aromatic nitrogens is 2. The van der Waals surface area contributed by atoms with Crippen LogP contribution >= 0.6 is 0 Å². The highest BCUT2D eigenvalue weighted by Crippen LogP contribution is 2.19. The van der Waals surface area contributed by atoms with Crippen LogP contribution in [-0.2, 0) is 0 Å². The van der Waals surface area contributed by atoms with Gasteiger partial charge in [-0.25, -0.2) is 4.98 Å². The fraction of sp³-hybridized carbons (Fsp3) is 0.500. The Bertz CT molecular complexity index is 950. The fourth-order valence-electron chi connectivity index (χ4n) is 3.92. The van der Waals surface area contributed by atoms with Crippen molar-refractivity contribution in [3.05, 3.63) is 41.6 Å². The maximum atomic E-state index is 12.8. The highest BCUT2D eigenvalue weighted by Gasteiger charge is 2.20. The molecule has 0 bridgehead atoms. The molecule has 1 aliphatic carbocycles. The van der Waals surface area contributed by atoms with Crippen LogP contribution < -0.4 is 32.7 Å². The largest absolute Gasteiger partial charge is 0.369 e. The average Bonchev–Trinajstić information content (AvgIpc) is 2.84. The number of nitrogens with one attached hydrogen (secondary N) is 4. The molecule has 2 aromatic rings. The number of benzene rings is 1. The van der Waals surface area contributed by atoms with E-state index in [1.54, 1.807) is 24.3 Å². The molecule has 0 aliphatic heterocycles. The number of rotatable bonds is 12. The van der Waals surface area contributed by atoms with E-state index in [2.05, 4.69) is 31.2 Å². The molecule has 2 amide bonds. The minimum atomic E-state index is -0.488. The SMILES string of the molecule is CCCNc1nc(Nc2ccc(C(N)=O)cc2)ncc1C(=O)NCCCN[C@H]1CCCC[C@@H]1N. The Balaban J connectivity index is 1.55. The van der Waals surface area contributed by atoms with E-state index in [1.807, 2.05) is 6.92 Å². The lowest BCUT2D eigenvalue weighted by Crippen LogP contribution is -2.47. The summed E-state index contributed by atoms with van der Waals surface area (Å²) in [6, 6.07) is 7.28. The molecule has 0 unspecified atom stereocenters. The van der Waals surface area contributed by atoms with Crippen molar-refractivity contribution < 1.29 is 9.59 Å². The quantitative estimate of drug-likeness (QED) is 0.258. The van der Waals surface area contributed by atoms with Gasteiger partial charge < -0.3 is 32.7 Å². The highest BCUT2D eigenvalue weighted by molar-refractivity contribution is 5.98. The van der Waals surface area contributed by atoms with E-state index in [-0.39, 0.29) is 11.9 Å². The summed E-state index contributed by atoms with van der Waals surface area (Å²) in [5.41, 5.74) is 13.0. The molecule has 1 aromatic heterocycles. The normalized spacial score (nSPS) is 17.7. The number of carbonyl (C=O) groups excluding carboxylic acids is 2. The monoisotopic (exact) mass is 468 g/mol. The smallest absolute Gasteiger partial charge is 0.256 e. The van der Waals surface area contributed by atoms with Crippen LogP contribution in [0.5, 0.6) is 0 Å². The van der Waals surface area contributed by atoms with Gasteiger partial charge in [0.15, 0.2) is 0 Å². The highest BCUT2D eigenvalue weighted by atomic mass is 16.2. The molecule has 1 saturated carbocycles. The van der Waals surface area contributed by atoms with E-state index >= 15 is 0 Å². The fourth-order valence-corrected chi connectivity index (χ4v) is 3.92. The van der Waals surface area contributed by atoms with Gasteiger partial charge in [-0.1, -0.05) is 19.8 Å². The van der Waals surface area contributed by atoms with Crippen molar-refractivity contribution in [2.24, 2.45) is 11.5 Å². The Morgan fingerprint density at radius 1 is 1.09 bits per heavy atom. The second-order valence-electron chi connectivity index (χ2n) is 8.57. The lowest BCUT2D eigenvalue weighted by molar-refractivity contribution is 0.0951. The molecule has 1 aromatic carbocycles. The van der Waals surface area contributed by atoms with Gasteiger partial charge in [0.05, 0.1) is 0 Å². The number of nitrogens with zero attached hydrogens (tertiary/aromatic N) is 2. The molecular formula is C24H36N8O2. The van der Waals surface area contributed by atoms with Crippen molar-refractivity contribution in [2.75, 3.05) is 30.3 Å². The number of carbonyl (C=O) groups is 2. The molecular weight excluding hydrogens is 432 g/mol. The van der Waals surface area contributed by atoms with E-state index < -0.39 is 5.91 Å². The third-order valence-corrected chi connectivity index (χ3v) is 5.87. The second-order valence-corrected chi connectivity index (χ2v) is 8.57. The molecule has 0 spiro atoms. The number of primary amides is 1. The Morgan fingerprint density at radius 3 is 2.56 bits per heavy atom. The van der Waals surface area contributed by atoms with Gasteiger partial charge in [-0.15, -0.1) is 0 Å². The molecule has 2 atom stereocenters. The summed E-state index contributed by atoms with van der Waals surface area (Å²) >= 11 is 0. The summed E-state index contributed by atoms with van der Waals surface area (Å²) in [7, 11) is 0. The van der Waals surface area contributed by atoms with Gasteiger partial charge in [0.1, 0.15) is 11.4 Å². The number of nitrogens with two attached hydrogens (primary N) is 2. The summed E-state index contributed by atoms with van der Waals surface area (Å²) in [6.45, 7) is 4.08. The topological polar surface area (TPSA) is 160 Å². The van der Waals surface area contributed by atoms with Crippen molar-refractivity contribution in [1.29, 1.82) is 0 Å². The van der Waals surface area contributed by atoms with Crippen molar-refractivity contribution >= 4 is 29.3 Å². The Hall–Kier alpha value is -3.24. The lowest BCUT2D eigenvalue weighted by Gasteiger charge is -2.29. The molecule has 10 nitrogen and oxygen atoms in total. The number of amides is 2. The first kappa shape index (κ1) is 25.4. The van der Waals surface area contributed by atoms with Crippen molar-refractivity contribution in [3.63, 3.8) is 0 Å². The van der Waals surface area contributed by atoms with E-state index in [1.165, 1.54) is 19.0 Å². The third kappa shape index (κ3) is 7.39. The van der Waals surface area contributed by atoms with Crippen LogP contribution in [0.15, 0.2) is 30.5 Å². The van der Waals surface area contributed by atoms with Crippen molar-refractivity contribution in [3.8, 4) is 0 Å². The summed E-state index contributed by atoms with van der Waals surface area (Å²) in [5.74, 6) is 0.106. The molecule has 1 heterocycles. The number of hydrogen-bond acceptors (Lipinski definition) is 8. The first-order valence-corrected chi connectivity index (χ1v) is 12.0. The zero-order chi connectivity index (χ0) is 24.3. The lowest BCUT2D eigenvalue weighted by atomic mass is 9.91. The predicted molar refractivity (Wildman–Crippen MR) is 134 cm³/mol. The van der Waals surface area contributed by atoms with Gasteiger partial charge in [-0.3, -0.25) is 9.59 Å². The first-order chi connectivity index (χ1) is 16.5. The number of hydrogen-bond donors (Lipinski definition) is 6. The maximum Gasteiger partial charge on any atom is 0.256 e. The van der Waals surface area contributed by atoms with Crippen molar-refractivity contribution in [2.45, 2.75) is 57.5 Å². The first-order valence-electron chi connectivity index (χ1n) is 12.0. The van der Waals surface area contributed by atoms with Crippen LogP contribution in [0.3, 0.4) is 0 Å². The Labute approximate surface area is 200 Å². The zero-order valence-electron chi connectivity index (χ0n) is 19.8. The maximum absolute atomic E-state index is 12.8. The van der Waals surface area contributed by atoms with Crippen LogP contribution in [0, 0.1) is 0 Å². The summed E-state index contributed by atoms with van der Waals surface area (Å²) in [4.78, 5) is 32.8. The van der Waals surface area contributed by atoms with E-state index in [4.69, 9.17) is 11.5 Å². The Kier molecular flexibility index (Phi) is 9.60. The molecule has 1 fully saturated rings. The minimum absolute atomic E-state index is 0.217. The van der Waals surface area contributed by atoms with E-state index in [9.17, 15) is 9.59 Å². The predicted octanol–water partition coefficient (Wildman–Crippen LogP) is 2.12. The Morgan fingerprint density at radius 2 is 1.85 bits per heavy atom. The molecule has 10 heteroatoms. The minimum Gasteiger partial charge on any atom is -0.369 e. The third-order valence-electron chi connectivity index (χ3n) is 5.87. The molecule has 0 radical (unpaired) electrons. The van der Waals surface area contributed by atoms with Gasteiger partial charge >= 0.3 is 0 Å². The average molecular weight is 469 g/mol. The molecule has 1 aliphatic rings. The van der Waals surface area contributed by atoms with Gasteiger partial charge in [0.25, 0.3) is 5.91 Å². The van der Waals surface area contributed by atoms with Crippen LogP contribution in [0.1, 0.15) is 66.2 Å². The van der Waals surface area contributed by atoms with Crippen LogP contribution in [-0.4, -0.2) is 53.5 Å². The summed E-state index contributed by atoms with van der Waals surface area (Å²) < 4.78 is 0. The summed E-state index contributed by atoms with van der Waals surface area (Å²) in [5, 5.41) is 12.8. The zero-order valence-corrected chi connectivity index (χ0v) is 19.8. The van der Waals surface area contributed by atoms with Crippen LogP contribution in [0.4, 0.5) is 17.5 Å².